The second-order valence-corrected chi connectivity index (χ2v) is 4.70. The van der Waals surface area contributed by atoms with E-state index in [0.717, 1.165) is 43.3 Å². The summed E-state index contributed by atoms with van der Waals surface area (Å²) in [6, 6.07) is 2.59. The number of anilines is 2. The molecule has 1 aromatic rings. The van der Waals surface area contributed by atoms with Crippen molar-refractivity contribution < 1.29 is 0 Å². The molecule has 0 unspecified atom stereocenters. The van der Waals surface area contributed by atoms with E-state index in [-0.39, 0.29) is 0 Å². The molecular weight excluding hydrogens is 224 g/mol. The Kier molecular flexibility index (Phi) is 5.89. The normalized spacial score (nSPS) is 10.8. The Morgan fingerprint density at radius 1 is 1.22 bits per heavy atom. The summed E-state index contributed by atoms with van der Waals surface area (Å²) in [5, 5.41) is 3.26. The fraction of sp³-hybridized carbons (Fsp3) is 0.714. The Hall–Kier alpha value is -1.32. The molecule has 0 aromatic carbocycles. The molecule has 0 atom stereocenters. The summed E-state index contributed by atoms with van der Waals surface area (Å²) in [5.41, 5.74) is 1.01. The standard InChI is InChI=1S/C14H26N4/c1-6-9-15-14-16-11(4)10-13(17-14)18(5)12(7-2)8-3/h10,12H,6-9H2,1-5H3,(H,15,16,17). The second-order valence-electron chi connectivity index (χ2n) is 4.70. The van der Waals surface area contributed by atoms with Crippen molar-refractivity contribution in [2.24, 2.45) is 0 Å². The first-order valence-corrected chi connectivity index (χ1v) is 6.94. The van der Waals surface area contributed by atoms with Gasteiger partial charge in [0.2, 0.25) is 5.95 Å². The van der Waals surface area contributed by atoms with Crippen LogP contribution in [0.1, 0.15) is 45.7 Å². The van der Waals surface area contributed by atoms with Crippen molar-refractivity contribution in [2.45, 2.75) is 53.0 Å². The molecule has 1 heterocycles. The molecule has 0 aliphatic heterocycles. The summed E-state index contributed by atoms with van der Waals surface area (Å²) in [4.78, 5) is 11.3. The zero-order valence-corrected chi connectivity index (χ0v) is 12.3. The van der Waals surface area contributed by atoms with Gasteiger partial charge in [0.25, 0.3) is 0 Å². The van der Waals surface area contributed by atoms with Crippen LogP contribution in [-0.2, 0) is 0 Å². The third kappa shape index (κ3) is 3.86. The smallest absolute Gasteiger partial charge is 0.224 e. The van der Waals surface area contributed by atoms with E-state index in [9.17, 15) is 0 Å². The molecular formula is C14H26N4. The molecule has 0 fully saturated rings. The molecule has 0 aliphatic carbocycles. The number of hydrogen-bond donors (Lipinski definition) is 1. The fourth-order valence-corrected chi connectivity index (χ4v) is 2.07. The van der Waals surface area contributed by atoms with Crippen LogP contribution in [0.15, 0.2) is 6.07 Å². The van der Waals surface area contributed by atoms with Crippen LogP contribution in [0.2, 0.25) is 0 Å². The lowest BCUT2D eigenvalue weighted by Gasteiger charge is -2.27. The predicted octanol–water partition coefficient (Wildman–Crippen LogP) is 3.23. The van der Waals surface area contributed by atoms with Gasteiger partial charge in [0.05, 0.1) is 0 Å². The van der Waals surface area contributed by atoms with Crippen LogP contribution < -0.4 is 10.2 Å². The fourth-order valence-electron chi connectivity index (χ4n) is 2.07. The molecule has 0 amide bonds. The minimum Gasteiger partial charge on any atom is -0.357 e. The van der Waals surface area contributed by atoms with Gasteiger partial charge in [-0.15, -0.1) is 0 Å². The average Bonchev–Trinajstić information content (AvgIpc) is 2.37. The number of nitrogens with zero attached hydrogens (tertiary/aromatic N) is 3. The first-order valence-electron chi connectivity index (χ1n) is 6.94. The number of hydrogen-bond acceptors (Lipinski definition) is 4. The van der Waals surface area contributed by atoms with Gasteiger partial charge in [0, 0.05) is 31.4 Å². The number of rotatable bonds is 7. The number of aromatic nitrogens is 2. The van der Waals surface area contributed by atoms with Gasteiger partial charge in [-0.1, -0.05) is 20.8 Å². The van der Waals surface area contributed by atoms with E-state index in [0.29, 0.717) is 6.04 Å². The summed E-state index contributed by atoms with van der Waals surface area (Å²) in [6.45, 7) is 9.50. The van der Waals surface area contributed by atoms with E-state index in [1.54, 1.807) is 0 Å². The summed E-state index contributed by atoms with van der Waals surface area (Å²) < 4.78 is 0. The summed E-state index contributed by atoms with van der Waals surface area (Å²) in [7, 11) is 2.11. The molecule has 0 saturated carbocycles. The van der Waals surface area contributed by atoms with Crippen LogP contribution in [-0.4, -0.2) is 29.6 Å². The first-order chi connectivity index (χ1) is 8.62. The highest BCUT2D eigenvalue weighted by Gasteiger charge is 2.13. The van der Waals surface area contributed by atoms with Crippen LogP contribution in [0.5, 0.6) is 0 Å². The van der Waals surface area contributed by atoms with Gasteiger partial charge in [0.15, 0.2) is 0 Å². The first kappa shape index (κ1) is 14.7. The molecule has 0 saturated heterocycles. The number of nitrogens with one attached hydrogen (secondary N) is 1. The molecule has 1 N–H and O–H groups in total. The van der Waals surface area contributed by atoms with Gasteiger partial charge >= 0.3 is 0 Å². The van der Waals surface area contributed by atoms with Gasteiger partial charge < -0.3 is 10.2 Å². The molecule has 1 aromatic heterocycles. The van der Waals surface area contributed by atoms with E-state index in [1.807, 2.05) is 6.92 Å². The van der Waals surface area contributed by atoms with Crippen LogP contribution in [0.25, 0.3) is 0 Å². The van der Waals surface area contributed by atoms with Crippen molar-refractivity contribution in [1.82, 2.24) is 9.97 Å². The third-order valence-electron chi connectivity index (χ3n) is 3.23. The lowest BCUT2D eigenvalue weighted by atomic mass is 10.1. The van der Waals surface area contributed by atoms with Crippen molar-refractivity contribution in [3.05, 3.63) is 11.8 Å². The monoisotopic (exact) mass is 250 g/mol. The minimum absolute atomic E-state index is 0.540. The van der Waals surface area contributed by atoms with Gasteiger partial charge in [0.1, 0.15) is 5.82 Å². The number of aryl methyl sites for hydroxylation is 1. The van der Waals surface area contributed by atoms with E-state index < -0.39 is 0 Å². The summed E-state index contributed by atoms with van der Waals surface area (Å²) in [6.07, 6.45) is 3.34. The van der Waals surface area contributed by atoms with Gasteiger partial charge in [-0.3, -0.25) is 0 Å². The van der Waals surface area contributed by atoms with Crippen LogP contribution >= 0.6 is 0 Å². The minimum atomic E-state index is 0.540. The zero-order chi connectivity index (χ0) is 13.5. The summed E-state index contributed by atoms with van der Waals surface area (Å²) in [5.74, 6) is 1.75. The van der Waals surface area contributed by atoms with Crippen molar-refractivity contribution >= 4 is 11.8 Å². The van der Waals surface area contributed by atoms with Gasteiger partial charge in [-0.2, -0.15) is 4.98 Å². The maximum Gasteiger partial charge on any atom is 0.224 e. The molecule has 18 heavy (non-hydrogen) atoms. The highest BCUT2D eigenvalue weighted by molar-refractivity contribution is 5.44. The lowest BCUT2D eigenvalue weighted by Crippen LogP contribution is -2.31. The topological polar surface area (TPSA) is 41.1 Å². The largest absolute Gasteiger partial charge is 0.357 e. The average molecular weight is 250 g/mol. The molecule has 1 rings (SSSR count). The highest BCUT2D eigenvalue weighted by Crippen LogP contribution is 2.18. The van der Waals surface area contributed by atoms with Crippen LogP contribution in [0.3, 0.4) is 0 Å². The lowest BCUT2D eigenvalue weighted by molar-refractivity contribution is 0.586. The molecule has 4 heteroatoms. The molecule has 0 radical (unpaired) electrons. The molecule has 0 spiro atoms. The maximum absolute atomic E-state index is 4.59. The molecule has 0 aliphatic rings. The van der Waals surface area contributed by atoms with Crippen molar-refractivity contribution in [3.63, 3.8) is 0 Å². The SMILES string of the molecule is CCCNc1nc(C)cc(N(C)C(CC)CC)n1. The van der Waals surface area contributed by atoms with Crippen molar-refractivity contribution in [3.8, 4) is 0 Å². The Labute approximate surface area is 111 Å². The Morgan fingerprint density at radius 2 is 1.89 bits per heavy atom. The Bertz CT molecular complexity index is 361. The zero-order valence-electron chi connectivity index (χ0n) is 12.3. The third-order valence-corrected chi connectivity index (χ3v) is 3.23. The van der Waals surface area contributed by atoms with E-state index in [4.69, 9.17) is 0 Å². The maximum atomic E-state index is 4.59. The van der Waals surface area contributed by atoms with E-state index in [1.165, 1.54) is 0 Å². The Balaban J connectivity index is 2.90. The van der Waals surface area contributed by atoms with E-state index in [2.05, 4.69) is 54.1 Å². The van der Waals surface area contributed by atoms with Crippen molar-refractivity contribution in [2.75, 3.05) is 23.8 Å². The summed E-state index contributed by atoms with van der Waals surface area (Å²) >= 11 is 0. The van der Waals surface area contributed by atoms with Crippen molar-refractivity contribution in [1.29, 1.82) is 0 Å². The molecule has 102 valence electrons. The van der Waals surface area contributed by atoms with E-state index >= 15 is 0 Å². The predicted molar refractivity (Wildman–Crippen MR) is 78.3 cm³/mol. The molecule has 0 bridgehead atoms. The van der Waals surface area contributed by atoms with Crippen LogP contribution in [0.4, 0.5) is 11.8 Å². The quantitative estimate of drug-likeness (QED) is 0.806. The van der Waals surface area contributed by atoms with Gasteiger partial charge in [-0.05, 0) is 26.2 Å². The second kappa shape index (κ2) is 7.19. The highest BCUT2D eigenvalue weighted by atomic mass is 15.2. The molecule has 4 nitrogen and oxygen atoms in total. The van der Waals surface area contributed by atoms with Crippen LogP contribution in [0, 0.1) is 6.92 Å². The van der Waals surface area contributed by atoms with Gasteiger partial charge in [-0.25, -0.2) is 4.98 Å². The Morgan fingerprint density at radius 3 is 2.44 bits per heavy atom.